The number of nitrogens with one attached hydrogen (secondary N) is 1. The molecule has 0 saturated carbocycles. The molecular weight excluding hydrogens is 296 g/mol. The molecule has 0 unspecified atom stereocenters. The molecular formula is C17H20N2O2S. The van der Waals surface area contributed by atoms with Gasteiger partial charge in [-0.3, -0.25) is 4.79 Å². The van der Waals surface area contributed by atoms with Crippen molar-refractivity contribution in [1.29, 1.82) is 0 Å². The zero-order chi connectivity index (χ0) is 16.2. The minimum absolute atomic E-state index is 0.127. The van der Waals surface area contributed by atoms with Crippen molar-refractivity contribution in [3.05, 3.63) is 59.6 Å². The summed E-state index contributed by atoms with van der Waals surface area (Å²) in [6.07, 6.45) is 2.71. The van der Waals surface area contributed by atoms with Crippen LogP contribution in [0.2, 0.25) is 0 Å². The fourth-order valence-corrected chi connectivity index (χ4v) is 2.62. The molecule has 5 heteroatoms. The molecule has 1 aromatic heterocycles. The zero-order valence-corrected chi connectivity index (χ0v) is 13.8. The van der Waals surface area contributed by atoms with E-state index in [1.54, 1.807) is 12.1 Å². The number of nitrogens with zero attached hydrogens (tertiary/aromatic N) is 1. The number of amides is 1. The summed E-state index contributed by atoms with van der Waals surface area (Å²) in [4.78, 5) is 12.9. The van der Waals surface area contributed by atoms with E-state index in [1.165, 1.54) is 29.7 Å². The van der Waals surface area contributed by atoms with Gasteiger partial charge in [0.2, 0.25) is 12.1 Å². The molecule has 4 nitrogen and oxygen atoms in total. The minimum atomic E-state index is -0.129. The third-order valence-corrected chi connectivity index (χ3v) is 4.16. The second kappa shape index (κ2) is 6.83. The van der Waals surface area contributed by atoms with Crippen LogP contribution in [0.3, 0.4) is 0 Å². The lowest BCUT2D eigenvalue weighted by Gasteiger charge is -2.19. The molecule has 2 aromatic rings. The van der Waals surface area contributed by atoms with E-state index in [0.717, 1.165) is 4.90 Å². The number of anilines is 1. The van der Waals surface area contributed by atoms with Crippen LogP contribution in [0.25, 0.3) is 0 Å². The van der Waals surface area contributed by atoms with Crippen molar-refractivity contribution in [2.45, 2.75) is 31.1 Å². The summed E-state index contributed by atoms with van der Waals surface area (Å²) in [5.74, 6) is 0.180. The van der Waals surface area contributed by atoms with E-state index in [4.69, 9.17) is 0 Å². The first-order chi connectivity index (χ1) is 10.3. The Labute approximate surface area is 135 Å². The van der Waals surface area contributed by atoms with Gasteiger partial charge in [0.05, 0.1) is 5.75 Å². The van der Waals surface area contributed by atoms with Gasteiger partial charge in [-0.05, 0) is 29.2 Å². The lowest BCUT2D eigenvalue weighted by Crippen LogP contribution is -2.25. The van der Waals surface area contributed by atoms with Crippen LogP contribution in [0.5, 0.6) is 0 Å². The first-order valence-electron chi connectivity index (χ1n) is 7.06. The molecule has 0 saturated heterocycles. The normalized spacial score (nSPS) is 11.2. The Bertz CT molecular complexity index is 648. The fourth-order valence-electron chi connectivity index (χ4n) is 1.93. The number of carbonyl (C=O) groups is 1. The van der Waals surface area contributed by atoms with Gasteiger partial charge < -0.3 is 10.5 Å². The van der Waals surface area contributed by atoms with Crippen molar-refractivity contribution in [3.8, 4) is 0 Å². The van der Waals surface area contributed by atoms with Gasteiger partial charge in [-0.25, -0.2) is 0 Å². The molecule has 0 aliphatic heterocycles. The van der Waals surface area contributed by atoms with Gasteiger partial charge in [-0.2, -0.15) is 4.73 Å². The van der Waals surface area contributed by atoms with E-state index in [2.05, 4.69) is 38.2 Å². The van der Waals surface area contributed by atoms with Gasteiger partial charge >= 0.3 is 0 Å². The first kappa shape index (κ1) is 16.4. The van der Waals surface area contributed by atoms with Crippen molar-refractivity contribution in [3.63, 3.8) is 0 Å². The van der Waals surface area contributed by atoms with Crippen molar-refractivity contribution in [1.82, 2.24) is 0 Å². The number of carbonyl (C=O) groups excluding carboxylic acids is 1. The quantitative estimate of drug-likeness (QED) is 0.534. The highest BCUT2D eigenvalue weighted by Crippen LogP contribution is 2.25. The molecule has 116 valence electrons. The van der Waals surface area contributed by atoms with Crippen LogP contribution in [0.4, 0.5) is 5.69 Å². The van der Waals surface area contributed by atoms with Crippen LogP contribution in [0, 0.1) is 5.21 Å². The van der Waals surface area contributed by atoms with Gasteiger partial charge in [-0.15, -0.1) is 11.8 Å². The van der Waals surface area contributed by atoms with Gasteiger partial charge in [0.15, 0.2) is 6.20 Å². The summed E-state index contributed by atoms with van der Waals surface area (Å²) in [7, 11) is 0. The molecule has 0 aliphatic carbocycles. The maximum Gasteiger partial charge on any atom is 0.234 e. The van der Waals surface area contributed by atoms with E-state index in [-0.39, 0.29) is 11.3 Å². The topological polar surface area (TPSA) is 56.0 Å². The van der Waals surface area contributed by atoms with Crippen LogP contribution >= 0.6 is 11.8 Å². The predicted molar refractivity (Wildman–Crippen MR) is 89.9 cm³/mol. The molecule has 0 bridgehead atoms. The number of rotatable bonds is 4. The average molecular weight is 316 g/mol. The third kappa shape index (κ3) is 4.77. The maximum absolute atomic E-state index is 11.9. The van der Waals surface area contributed by atoms with E-state index in [1.807, 2.05) is 12.1 Å². The molecule has 1 aromatic carbocycles. The van der Waals surface area contributed by atoms with E-state index >= 15 is 0 Å². The Balaban J connectivity index is 1.88. The lowest BCUT2D eigenvalue weighted by atomic mass is 9.87. The number of benzene rings is 1. The molecule has 1 N–H and O–H groups in total. The third-order valence-electron chi connectivity index (χ3n) is 3.15. The molecule has 0 fully saturated rings. The SMILES string of the molecule is CC(C)(C)c1ccc(SCC(=O)Nc2ccc[n+]([O-])c2)cc1. The van der Waals surface area contributed by atoms with Gasteiger partial charge in [0.25, 0.3) is 0 Å². The zero-order valence-electron chi connectivity index (χ0n) is 13.0. The summed E-state index contributed by atoms with van der Waals surface area (Å²) in [5.41, 5.74) is 1.90. The highest BCUT2D eigenvalue weighted by molar-refractivity contribution is 8.00. The first-order valence-corrected chi connectivity index (χ1v) is 8.05. The van der Waals surface area contributed by atoms with E-state index in [9.17, 15) is 10.0 Å². The molecule has 22 heavy (non-hydrogen) atoms. The molecule has 0 aliphatic rings. The molecule has 0 spiro atoms. The predicted octanol–water partition coefficient (Wildman–Crippen LogP) is 3.35. The van der Waals surface area contributed by atoms with Gasteiger partial charge in [0.1, 0.15) is 5.69 Å². The minimum Gasteiger partial charge on any atom is -0.619 e. The van der Waals surface area contributed by atoms with Crippen LogP contribution in [-0.4, -0.2) is 11.7 Å². The monoisotopic (exact) mass is 316 g/mol. The lowest BCUT2D eigenvalue weighted by molar-refractivity contribution is -0.604. The largest absolute Gasteiger partial charge is 0.619 e. The Hall–Kier alpha value is -2.01. The number of aromatic nitrogens is 1. The van der Waals surface area contributed by atoms with Crippen LogP contribution in [0.15, 0.2) is 53.7 Å². The van der Waals surface area contributed by atoms with Crippen molar-refractivity contribution in [2.24, 2.45) is 0 Å². The Morgan fingerprint density at radius 2 is 1.91 bits per heavy atom. The number of thioether (sulfide) groups is 1. The Morgan fingerprint density at radius 3 is 2.50 bits per heavy atom. The standard InChI is InChI=1S/C17H20N2O2S/c1-17(2,3)13-6-8-15(9-7-13)22-12-16(20)18-14-5-4-10-19(21)11-14/h4-11H,12H2,1-3H3,(H,18,20). The second-order valence-electron chi connectivity index (χ2n) is 6.06. The number of pyridine rings is 1. The average Bonchev–Trinajstić information content (AvgIpc) is 2.45. The highest BCUT2D eigenvalue weighted by atomic mass is 32.2. The van der Waals surface area contributed by atoms with Crippen molar-refractivity contribution < 1.29 is 9.52 Å². The van der Waals surface area contributed by atoms with Gasteiger partial charge in [0, 0.05) is 11.0 Å². The van der Waals surface area contributed by atoms with Crippen molar-refractivity contribution in [2.75, 3.05) is 11.1 Å². The fraction of sp³-hybridized carbons (Fsp3) is 0.294. The van der Waals surface area contributed by atoms with Crippen LogP contribution in [-0.2, 0) is 10.2 Å². The van der Waals surface area contributed by atoms with E-state index < -0.39 is 0 Å². The summed E-state index contributed by atoms with van der Waals surface area (Å²) in [5, 5.41) is 13.8. The summed E-state index contributed by atoms with van der Waals surface area (Å²) in [6.45, 7) is 6.51. The molecule has 1 amide bonds. The van der Waals surface area contributed by atoms with Crippen LogP contribution in [0.1, 0.15) is 26.3 Å². The highest BCUT2D eigenvalue weighted by Gasteiger charge is 2.13. The van der Waals surface area contributed by atoms with Crippen molar-refractivity contribution >= 4 is 23.4 Å². The maximum atomic E-state index is 11.9. The number of hydrogen-bond acceptors (Lipinski definition) is 3. The molecule has 1 heterocycles. The molecule has 0 atom stereocenters. The molecule has 2 rings (SSSR count). The van der Waals surface area contributed by atoms with Gasteiger partial charge in [-0.1, -0.05) is 32.9 Å². The molecule has 0 radical (unpaired) electrons. The van der Waals surface area contributed by atoms with E-state index in [0.29, 0.717) is 16.2 Å². The smallest absolute Gasteiger partial charge is 0.234 e. The summed E-state index contributed by atoms with van der Waals surface area (Å²) in [6, 6.07) is 11.5. The Morgan fingerprint density at radius 1 is 1.23 bits per heavy atom. The summed E-state index contributed by atoms with van der Waals surface area (Å²) >= 11 is 1.47. The van der Waals surface area contributed by atoms with Crippen LogP contribution < -0.4 is 10.0 Å². The Kier molecular flexibility index (Phi) is 5.08. The number of hydrogen-bond donors (Lipinski definition) is 1. The summed E-state index contributed by atoms with van der Waals surface area (Å²) < 4.78 is 0.661. The second-order valence-corrected chi connectivity index (χ2v) is 7.11.